The van der Waals surface area contributed by atoms with Gasteiger partial charge in [-0.2, -0.15) is 97.1 Å². The van der Waals surface area contributed by atoms with Crippen molar-refractivity contribution in [2.24, 2.45) is 14.1 Å². The van der Waals surface area contributed by atoms with Crippen LogP contribution in [0.4, 0.5) is 34.3 Å². The van der Waals surface area contributed by atoms with Gasteiger partial charge in [0.1, 0.15) is 17.1 Å². The summed E-state index contributed by atoms with van der Waals surface area (Å²) < 4.78 is 28.8. The van der Waals surface area contributed by atoms with Crippen molar-refractivity contribution in [1.29, 1.82) is 0 Å². The van der Waals surface area contributed by atoms with Gasteiger partial charge in [-0.1, -0.05) is 228 Å². The number of carbonyl (C=O) groups is 6. The van der Waals surface area contributed by atoms with E-state index in [1.54, 1.807) is 109 Å². The molecule has 31 heteroatoms. The number of amides is 6. The molecule has 20 aromatic rings. The summed E-state index contributed by atoms with van der Waals surface area (Å²) in [6.45, 7) is 32.9. The number of nitrogens with zero attached hydrogens (tertiary/aromatic N) is 7. The average molecular weight is 2050 g/mol. The predicted molar refractivity (Wildman–Crippen MR) is 556 cm³/mol. The Kier molecular flexibility index (Phi) is 47.2. The first-order chi connectivity index (χ1) is 67.8. The molecule has 0 spiro atoms. The summed E-state index contributed by atoms with van der Waals surface area (Å²) in [5.74, 6) is 3.77. The molecule has 10 aromatic carbocycles. The predicted octanol–water partition coefficient (Wildman–Crippen LogP) is 13.2. The van der Waals surface area contributed by atoms with E-state index < -0.39 is 0 Å². The number of H-pyrrole nitrogens is 3. The van der Waals surface area contributed by atoms with Crippen molar-refractivity contribution in [2.45, 2.75) is 144 Å². The number of para-hydroxylation sites is 4. The first kappa shape index (κ1) is 121. The molecular formula is C115H114K4N16O11-4. The summed E-state index contributed by atoms with van der Waals surface area (Å²) in [6.07, 6.45) is 16.1. The Morgan fingerprint density at radius 1 is 0.336 bits per heavy atom. The molecule has 20 rings (SSSR count). The second kappa shape index (κ2) is 57.2. The first-order valence-electron chi connectivity index (χ1n) is 45.7. The minimum absolute atomic E-state index is 0. The molecule has 0 aliphatic heterocycles. The summed E-state index contributed by atoms with van der Waals surface area (Å²) in [5.41, 5.74) is 13.8. The summed E-state index contributed by atoms with van der Waals surface area (Å²) in [4.78, 5) is 83.0. The smallest absolute Gasteiger partial charge is 0.470 e. The van der Waals surface area contributed by atoms with Crippen molar-refractivity contribution >= 4 is 124 Å². The van der Waals surface area contributed by atoms with E-state index in [0.29, 0.717) is 45.3 Å². The number of aromatic nitrogens is 10. The molecule has 9 N–H and O–H groups in total. The molecular weight excluding hydrogens is 1940 g/mol. The van der Waals surface area contributed by atoms with E-state index in [-0.39, 0.29) is 274 Å². The largest absolute Gasteiger partial charge is 1.00 e. The summed E-state index contributed by atoms with van der Waals surface area (Å²) in [6, 6.07) is 97.3. The number of anilines is 6. The van der Waals surface area contributed by atoms with Crippen molar-refractivity contribution in [2.75, 3.05) is 31.9 Å². The number of nitrogens with one attached hydrogen (secondary N) is 9. The van der Waals surface area contributed by atoms with Gasteiger partial charge in [-0.3, -0.25) is 28.8 Å². The van der Waals surface area contributed by atoms with Crippen LogP contribution < -0.4 is 237 Å². The van der Waals surface area contributed by atoms with Gasteiger partial charge < -0.3 is 78.6 Å². The van der Waals surface area contributed by atoms with Crippen molar-refractivity contribution < 1.29 is 257 Å². The zero-order valence-electron chi connectivity index (χ0n) is 86.6. The molecule has 10 aromatic heterocycles. The van der Waals surface area contributed by atoms with Crippen LogP contribution in [0.15, 0.2) is 320 Å². The van der Waals surface area contributed by atoms with E-state index in [4.69, 9.17) is 22.6 Å². The fourth-order valence-corrected chi connectivity index (χ4v) is 13.7. The molecule has 10 heterocycles. The van der Waals surface area contributed by atoms with Crippen LogP contribution in [0.5, 0.6) is 0 Å². The Morgan fingerprint density at radius 3 is 1.03 bits per heavy atom. The van der Waals surface area contributed by atoms with Crippen LogP contribution in [0.2, 0.25) is 0 Å². The third-order valence-corrected chi connectivity index (χ3v) is 21.4. The summed E-state index contributed by atoms with van der Waals surface area (Å²) in [7, 11) is 3.86. The van der Waals surface area contributed by atoms with Gasteiger partial charge in [-0.05, 0) is 118 Å². The molecule has 27 nitrogen and oxygen atoms in total. The van der Waals surface area contributed by atoms with Crippen LogP contribution >= 0.6 is 0 Å². The van der Waals surface area contributed by atoms with Crippen LogP contribution in [0, 0.1) is 56.0 Å². The van der Waals surface area contributed by atoms with E-state index in [1.807, 2.05) is 233 Å². The van der Waals surface area contributed by atoms with Gasteiger partial charge in [0.25, 0.3) is 29.5 Å². The zero-order valence-corrected chi connectivity index (χ0v) is 99.1. The number of aryl methyl sites for hydroxylation is 3. The molecule has 0 fully saturated rings. The van der Waals surface area contributed by atoms with Crippen LogP contribution in [-0.2, 0) is 52.4 Å². The van der Waals surface area contributed by atoms with Crippen LogP contribution in [0.1, 0.15) is 196 Å². The van der Waals surface area contributed by atoms with Crippen molar-refractivity contribution in [3.8, 4) is 0 Å². The SMILES string of the molecule is CC(C)(C)c1c[c-]no1.CC(C)(C)c1c[c-]no1.CC(C)(C)c1c[c-]no1.CC(C)(C)c1c[c-]no1.Cc1ccc2[nH]c(C(=O)Nc3cc[c-]cc3)cc2c1.Cn1cc(C(=O)Nc2cc[c-]cc2)c2ccccc21.Cn1cc(C(=O)Nc2ccc(CC(=O)Nc3cc(C(C)(C)C)on3)cc2)c2ccccc21.O=C(Nc1cc[c-]cc1)c1c[nH]c2ccccc12.O=C(Nc1cc[c-]cc1)c1cc2ccccc2[nH]1.[K+].[K+].[K+].[K+]. The van der Waals surface area contributed by atoms with E-state index in [0.717, 1.165) is 106 Å². The Labute approximate surface area is 1020 Å². The Bertz CT molecular complexity index is 7220. The Morgan fingerprint density at radius 2 is 0.671 bits per heavy atom. The monoisotopic (exact) mass is 2050 g/mol. The van der Waals surface area contributed by atoms with E-state index in [9.17, 15) is 28.8 Å². The van der Waals surface area contributed by atoms with Crippen molar-refractivity contribution in [3.05, 3.63) is 415 Å². The second-order valence-electron chi connectivity index (χ2n) is 38.1. The zero-order chi connectivity index (χ0) is 102. The molecule has 0 radical (unpaired) electrons. The maximum atomic E-state index is 12.8. The molecule has 0 unspecified atom stereocenters. The van der Waals surface area contributed by atoms with Crippen molar-refractivity contribution in [1.82, 2.24) is 49.9 Å². The van der Waals surface area contributed by atoms with E-state index >= 15 is 0 Å². The standard InChI is InChI=1S/C25H26N4O3.2C16H13N2O.2C15H11N2O.4C7H10NO.4K/c1-25(2,3)21-14-22(28-32-21)27-23(30)13-16-9-11-17(12-10-16)26-24(31)19-15-29(4)20-8-6-5-7-18(19)20;1-18-11-14(13-9-5-6-10-15(13)18)16(19)17-12-7-3-2-4-8-12;1-11-7-8-14-12(9-11)10-15(18-14)16(19)17-13-5-3-2-4-6-13;18-15(16-12-7-2-1-3-8-12)14-10-11-6-4-5-9-13(11)17-14;18-15(17-11-6-2-1-3-7-11)13-10-16-14-9-5-4-8-12(13)14;4*1-7(2,3)6-4-5-8-9-6;;;;/h5-12,14-15H,13H2,1-4H3,(H,26,31)(H,27,28,30);3-11H,1H3,(H,17,19);3-10,18H,1H3,(H,17,19);2-10,17H,(H,16,18);2-10,16H,(H,17,18);4*4H,1-3H3;;;;/q;8*-1;4*+1. The van der Waals surface area contributed by atoms with Crippen LogP contribution in [0.3, 0.4) is 0 Å². The summed E-state index contributed by atoms with van der Waals surface area (Å²) >= 11 is 0. The minimum atomic E-state index is -0.189. The number of aromatic amines is 3. The topological polar surface area (TPSA) is 362 Å². The van der Waals surface area contributed by atoms with Gasteiger partial charge >= 0.3 is 206 Å². The fraction of sp³-hybridized carbons (Fsp3) is 0.209. The molecule has 0 atom stereocenters. The molecule has 6 amide bonds. The fourth-order valence-electron chi connectivity index (χ4n) is 13.7. The normalized spacial score (nSPS) is 10.8. The number of benzene rings is 10. The Balaban J connectivity index is 0.000000206. The van der Waals surface area contributed by atoms with Gasteiger partial charge in [-0.15, -0.1) is 73.3 Å². The number of carbonyl (C=O) groups excluding carboxylic acids is 6. The second-order valence-corrected chi connectivity index (χ2v) is 38.1. The van der Waals surface area contributed by atoms with Crippen molar-refractivity contribution in [3.63, 3.8) is 0 Å². The molecule has 0 aliphatic rings. The summed E-state index contributed by atoms with van der Waals surface area (Å²) in [5, 5.41) is 39.8. The maximum Gasteiger partial charge on any atom is 1.00 e. The molecule has 728 valence electrons. The number of fused-ring (bicyclic) bond motifs is 5. The average Bonchev–Trinajstić information content (AvgIpc) is 1.65. The minimum Gasteiger partial charge on any atom is -0.470 e. The first-order valence-corrected chi connectivity index (χ1v) is 45.7. The van der Waals surface area contributed by atoms with E-state index in [2.05, 4.69) is 211 Å². The van der Waals surface area contributed by atoms with Crippen LogP contribution in [-0.4, -0.2) is 85.3 Å². The van der Waals surface area contributed by atoms with Gasteiger partial charge in [0, 0.05) is 104 Å². The van der Waals surface area contributed by atoms with E-state index in [1.165, 1.54) is 5.56 Å². The van der Waals surface area contributed by atoms with Gasteiger partial charge in [0.05, 0.1) is 23.1 Å². The quantitative estimate of drug-likeness (QED) is 0.0382. The van der Waals surface area contributed by atoms with Gasteiger partial charge in [-0.25, -0.2) is 20.6 Å². The molecule has 0 saturated carbocycles. The maximum absolute atomic E-state index is 12.8. The molecule has 0 saturated heterocycles. The number of hydrogen-bond acceptors (Lipinski definition) is 16. The van der Waals surface area contributed by atoms with Crippen LogP contribution in [0.25, 0.3) is 54.5 Å². The number of rotatable bonds is 13. The van der Waals surface area contributed by atoms with Gasteiger partial charge in [0.2, 0.25) is 5.91 Å². The number of hydrogen-bond donors (Lipinski definition) is 9. The molecule has 0 aliphatic carbocycles. The third-order valence-electron chi connectivity index (χ3n) is 21.4. The molecule has 0 bridgehead atoms. The Hall–Kier alpha value is -10.7. The third kappa shape index (κ3) is 36.7. The molecule has 146 heavy (non-hydrogen) atoms. The van der Waals surface area contributed by atoms with Gasteiger partial charge in [0.15, 0.2) is 5.82 Å².